The molecule has 0 amide bonds. The van der Waals surface area contributed by atoms with E-state index in [2.05, 4.69) is 15.8 Å². The molecule has 3 N–H and O–H groups in total. The van der Waals surface area contributed by atoms with Gasteiger partial charge in [-0.3, -0.25) is 5.43 Å². The highest BCUT2D eigenvalue weighted by Gasteiger charge is 2.17. The first-order valence-corrected chi connectivity index (χ1v) is 9.58. The van der Waals surface area contributed by atoms with E-state index in [9.17, 15) is 13.5 Å². The lowest BCUT2D eigenvalue weighted by Gasteiger charge is -2.13. The van der Waals surface area contributed by atoms with Crippen LogP contribution in [0.5, 0.6) is 11.5 Å². The lowest BCUT2D eigenvalue weighted by atomic mass is 10.2. The van der Waals surface area contributed by atoms with Crippen LogP contribution in [0.3, 0.4) is 0 Å². The molecule has 8 nitrogen and oxygen atoms in total. The number of hydrazone groups is 1. The number of sulfonamides is 1. The van der Waals surface area contributed by atoms with Crippen LogP contribution in [0.4, 0.5) is 5.69 Å². The molecule has 0 fully saturated rings. The summed E-state index contributed by atoms with van der Waals surface area (Å²) in [5.74, 6) is 0.621. The number of ether oxygens (including phenoxy) is 1. The topological polar surface area (TPSA) is 103 Å². The highest BCUT2D eigenvalue weighted by Crippen LogP contribution is 2.21. The Morgan fingerprint density at radius 1 is 1.26 bits per heavy atom. The van der Waals surface area contributed by atoms with Crippen molar-refractivity contribution in [1.82, 2.24) is 9.73 Å². The number of hydrogen-bond acceptors (Lipinski definition) is 6. The van der Waals surface area contributed by atoms with Crippen LogP contribution >= 0.6 is 12.2 Å². The molecule has 0 spiro atoms. The molecule has 27 heavy (non-hydrogen) atoms. The highest BCUT2D eigenvalue weighted by atomic mass is 32.2. The Labute approximate surface area is 163 Å². The number of phenolic OH excluding ortho intramolecular Hbond substituents is 1. The minimum Gasteiger partial charge on any atom is -0.507 e. The molecule has 0 radical (unpaired) electrons. The van der Waals surface area contributed by atoms with E-state index in [-0.39, 0.29) is 15.8 Å². The fourth-order valence-electron chi connectivity index (χ4n) is 2.03. The average Bonchev–Trinajstić information content (AvgIpc) is 2.63. The predicted octanol–water partition coefficient (Wildman–Crippen LogP) is 1.97. The van der Waals surface area contributed by atoms with Gasteiger partial charge in [-0.25, -0.2) is 12.7 Å². The van der Waals surface area contributed by atoms with Gasteiger partial charge >= 0.3 is 0 Å². The zero-order chi connectivity index (χ0) is 20.0. The van der Waals surface area contributed by atoms with Crippen LogP contribution < -0.4 is 15.5 Å². The number of hydrogen-bond donors (Lipinski definition) is 3. The second-order valence-corrected chi connectivity index (χ2v) is 8.12. The summed E-state index contributed by atoms with van der Waals surface area (Å²) in [6.07, 6.45) is 1.39. The highest BCUT2D eigenvalue weighted by molar-refractivity contribution is 7.89. The second kappa shape index (κ2) is 8.80. The van der Waals surface area contributed by atoms with Crippen molar-refractivity contribution in [2.75, 3.05) is 26.5 Å². The largest absolute Gasteiger partial charge is 0.507 e. The summed E-state index contributed by atoms with van der Waals surface area (Å²) in [4.78, 5) is 0.144. The standard InChI is InChI=1S/C17H20N4O4S2/c1-21(2)27(23,24)15-6-4-5-13(10-15)19-17(26)20-18-11-12-9-14(25-3)7-8-16(12)22/h4-11,22H,1-3H3,(H2,19,20,26). The number of anilines is 1. The lowest BCUT2D eigenvalue weighted by Crippen LogP contribution is -2.25. The molecule has 0 saturated heterocycles. The van der Waals surface area contributed by atoms with Crippen molar-refractivity contribution in [3.63, 3.8) is 0 Å². The summed E-state index contributed by atoms with van der Waals surface area (Å²) < 4.78 is 30.6. The minimum atomic E-state index is -3.54. The van der Waals surface area contributed by atoms with Gasteiger partial charge in [-0.2, -0.15) is 5.10 Å². The van der Waals surface area contributed by atoms with Crippen LogP contribution in [0, 0.1) is 0 Å². The molecule has 0 aromatic heterocycles. The molecule has 2 aromatic carbocycles. The van der Waals surface area contributed by atoms with Crippen molar-refractivity contribution in [2.45, 2.75) is 4.90 Å². The smallest absolute Gasteiger partial charge is 0.242 e. The van der Waals surface area contributed by atoms with Crippen LogP contribution in [0.25, 0.3) is 0 Å². The first-order chi connectivity index (χ1) is 12.7. The molecular formula is C17H20N4O4S2. The van der Waals surface area contributed by atoms with Gasteiger partial charge in [0, 0.05) is 25.3 Å². The van der Waals surface area contributed by atoms with Crippen molar-refractivity contribution < 1.29 is 18.3 Å². The molecule has 10 heteroatoms. The first kappa shape index (κ1) is 20.6. The quantitative estimate of drug-likeness (QED) is 0.381. The van der Waals surface area contributed by atoms with Gasteiger partial charge in [-0.05, 0) is 48.6 Å². The Balaban J connectivity index is 2.04. The third-order valence-corrected chi connectivity index (χ3v) is 5.48. The molecule has 0 saturated carbocycles. The van der Waals surface area contributed by atoms with E-state index in [0.717, 1.165) is 4.31 Å². The van der Waals surface area contributed by atoms with Crippen molar-refractivity contribution in [3.8, 4) is 11.5 Å². The normalized spacial score (nSPS) is 11.6. The Morgan fingerprint density at radius 3 is 2.67 bits per heavy atom. The molecule has 0 bridgehead atoms. The molecule has 0 atom stereocenters. The predicted molar refractivity (Wildman–Crippen MR) is 109 cm³/mol. The number of thiocarbonyl (C=S) groups is 1. The van der Waals surface area contributed by atoms with Gasteiger partial charge in [0.05, 0.1) is 18.2 Å². The number of methoxy groups -OCH3 is 1. The monoisotopic (exact) mass is 408 g/mol. The maximum absolute atomic E-state index is 12.2. The van der Waals surface area contributed by atoms with Crippen molar-refractivity contribution in [1.29, 1.82) is 0 Å². The van der Waals surface area contributed by atoms with E-state index in [1.807, 2.05) is 0 Å². The Kier molecular flexibility index (Phi) is 6.72. The first-order valence-electron chi connectivity index (χ1n) is 7.73. The number of aromatic hydroxyl groups is 1. The van der Waals surface area contributed by atoms with E-state index in [1.54, 1.807) is 24.3 Å². The van der Waals surface area contributed by atoms with Gasteiger partial charge in [0.1, 0.15) is 11.5 Å². The van der Waals surface area contributed by atoms with Crippen LogP contribution in [0.2, 0.25) is 0 Å². The van der Waals surface area contributed by atoms with Crippen LogP contribution in [-0.4, -0.2) is 50.4 Å². The molecule has 0 aliphatic heterocycles. The van der Waals surface area contributed by atoms with Gasteiger partial charge in [0.25, 0.3) is 0 Å². The van der Waals surface area contributed by atoms with Gasteiger partial charge in [0.15, 0.2) is 5.11 Å². The van der Waals surface area contributed by atoms with Crippen molar-refractivity contribution in [2.24, 2.45) is 5.10 Å². The van der Waals surface area contributed by atoms with Crippen LogP contribution in [0.1, 0.15) is 5.56 Å². The maximum Gasteiger partial charge on any atom is 0.242 e. The molecule has 144 valence electrons. The van der Waals surface area contributed by atoms with E-state index in [0.29, 0.717) is 17.0 Å². The number of phenols is 1. The zero-order valence-corrected chi connectivity index (χ0v) is 16.6. The van der Waals surface area contributed by atoms with Crippen LogP contribution in [-0.2, 0) is 10.0 Å². The third kappa shape index (κ3) is 5.39. The summed E-state index contributed by atoms with van der Waals surface area (Å²) in [6.45, 7) is 0. The third-order valence-electron chi connectivity index (χ3n) is 3.47. The average molecular weight is 409 g/mol. The van der Waals surface area contributed by atoms with Gasteiger partial charge in [-0.15, -0.1) is 0 Å². The maximum atomic E-state index is 12.2. The zero-order valence-electron chi connectivity index (χ0n) is 15.0. The van der Waals surface area contributed by atoms with Gasteiger partial charge < -0.3 is 15.2 Å². The van der Waals surface area contributed by atoms with Crippen molar-refractivity contribution in [3.05, 3.63) is 48.0 Å². The summed E-state index contributed by atoms with van der Waals surface area (Å²) in [5, 5.41) is 16.8. The molecule has 0 aliphatic rings. The molecular weight excluding hydrogens is 388 g/mol. The minimum absolute atomic E-state index is 0.0434. The summed E-state index contributed by atoms with van der Waals surface area (Å²) in [5.41, 5.74) is 3.55. The van der Waals surface area contributed by atoms with Crippen molar-refractivity contribution >= 4 is 39.3 Å². The Hall–Kier alpha value is -2.69. The van der Waals surface area contributed by atoms with E-state index in [4.69, 9.17) is 17.0 Å². The van der Waals surface area contributed by atoms with Gasteiger partial charge in [-0.1, -0.05) is 6.07 Å². The summed E-state index contributed by atoms with van der Waals surface area (Å²) in [7, 11) is 0.909. The Morgan fingerprint density at radius 2 is 2.00 bits per heavy atom. The molecule has 2 rings (SSSR count). The molecule has 0 heterocycles. The fourth-order valence-corrected chi connectivity index (χ4v) is 3.15. The number of nitrogens with zero attached hydrogens (tertiary/aromatic N) is 2. The van der Waals surface area contributed by atoms with E-state index < -0.39 is 10.0 Å². The summed E-state index contributed by atoms with van der Waals surface area (Å²) in [6, 6.07) is 11.0. The summed E-state index contributed by atoms with van der Waals surface area (Å²) >= 11 is 5.14. The fraction of sp³-hybridized carbons (Fsp3) is 0.176. The SMILES string of the molecule is COc1ccc(O)c(C=NNC(=S)Nc2cccc(S(=O)(=O)N(C)C)c2)c1. The van der Waals surface area contributed by atoms with E-state index >= 15 is 0 Å². The molecule has 0 unspecified atom stereocenters. The molecule has 2 aromatic rings. The lowest BCUT2D eigenvalue weighted by molar-refractivity contribution is 0.412. The number of nitrogens with one attached hydrogen (secondary N) is 2. The second-order valence-electron chi connectivity index (χ2n) is 5.56. The number of benzene rings is 2. The number of rotatable bonds is 6. The molecule has 0 aliphatic carbocycles. The van der Waals surface area contributed by atoms with E-state index in [1.165, 1.54) is 45.6 Å². The van der Waals surface area contributed by atoms with Gasteiger partial charge in [0.2, 0.25) is 10.0 Å². The van der Waals surface area contributed by atoms with Crippen LogP contribution in [0.15, 0.2) is 52.5 Å². The Bertz CT molecular complexity index is 959.